The van der Waals surface area contributed by atoms with Crippen molar-refractivity contribution < 1.29 is 9.18 Å². The highest BCUT2D eigenvalue weighted by molar-refractivity contribution is 9.10. The maximum atomic E-state index is 13.6. The zero-order chi connectivity index (χ0) is 13.0. The lowest BCUT2D eigenvalue weighted by Gasteiger charge is -2.24. The van der Waals surface area contributed by atoms with Crippen molar-refractivity contribution in [1.29, 1.82) is 0 Å². The average Bonchev–Trinajstić information content (AvgIpc) is 2.30. The van der Waals surface area contributed by atoms with Gasteiger partial charge in [0.15, 0.2) is 0 Å². The summed E-state index contributed by atoms with van der Waals surface area (Å²) in [5, 5.41) is 0. The van der Waals surface area contributed by atoms with Gasteiger partial charge in [-0.3, -0.25) is 4.79 Å². The molecule has 1 aromatic carbocycles. The van der Waals surface area contributed by atoms with E-state index in [4.69, 9.17) is 0 Å². The lowest BCUT2D eigenvalue weighted by molar-refractivity contribution is 0.0732. The SMILES string of the molecule is CCCC(C)N(C)C(=O)c1cc(Br)ccc1F. The first-order valence-corrected chi connectivity index (χ1v) is 6.48. The third kappa shape index (κ3) is 3.53. The molecule has 1 aromatic rings. The summed E-state index contributed by atoms with van der Waals surface area (Å²) in [5.41, 5.74) is 0.116. The van der Waals surface area contributed by atoms with Gasteiger partial charge < -0.3 is 4.90 Å². The maximum absolute atomic E-state index is 13.6. The molecule has 0 saturated heterocycles. The Balaban J connectivity index is 2.92. The molecule has 0 spiro atoms. The summed E-state index contributed by atoms with van der Waals surface area (Å²) < 4.78 is 14.3. The van der Waals surface area contributed by atoms with E-state index >= 15 is 0 Å². The predicted octanol–water partition coefficient (Wildman–Crippen LogP) is 3.85. The predicted molar refractivity (Wildman–Crippen MR) is 70.6 cm³/mol. The van der Waals surface area contributed by atoms with Crippen molar-refractivity contribution in [3.8, 4) is 0 Å². The molecular formula is C13H17BrFNO. The Labute approximate surface area is 110 Å². The first kappa shape index (κ1) is 14.2. The fraction of sp³-hybridized carbons (Fsp3) is 0.462. The van der Waals surface area contributed by atoms with Gasteiger partial charge in [-0.25, -0.2) is 4.39 Å². The van der Waals surface area contributed by atoms with E-state index in [2.05, 4.69) is 22.9 Å². The second kappa shape index (κ2) is 6.15. The van der Waals surface area contributed by atoms with Crippen molar-refractivity contribution in [2.45, 2.75) is 32.7 Å². The third-order valence-corrected chi connectivity index (χ3v) is 3.34. The van der Waals surface area contributed by atoms with E-state index in [0.29, 0.717) is 4.47 Å². The minimum absolute atomic E-state index is 0.116. The van der Waals surface area contributed by atoms with E-state index in [1.54, 1.807) is 18.0 Å². The molecule has 0 saturated carbocycles. The van der Waals surface area contributed by atoms with Crippen LogP contribution in [0.1, 0.15) is 37.0 Å². The molecular weight excluding hydrogens is 285 g/mol. The van der Waals surface area contributed by atoms with Gasteiger partial charge in [0.25, 0.3) is 5.91 Å². The Kier molecular flexibility index (Phi) is 5.12. The summed E-state index contributed by atoms with van der Waals surface area (Å²) >= 11 is 3.24. The highest BCUT2D eigenvalue weighted by Crippen LogP contribution is 2.18. The fourth-order valence-electron chi connectivity index (χ4n) is 1.66. The van der Waals surface area contributed by atoms with Crippen molar-refractivity contribution in [2.24, 2.45) is 0 Å². The van der Waals surface area contributed by atoms with Gasteiger partial charge in [-0.2, -0.15) is 0 Å². The molecule has 0 N–H and O–H groups in total. The lowest BCUT2D eigenvalue weighted by atomic mass is 10.1. The highest BCUT2D eigenvalue weighted by Gasteiger charge is 2.20. The van der Waals surface area contributed by atoms with E-state index in [1.807, 2.05) is 6.92 Å². The van der Waals surface area contributed by atoms with E-state index in [9.17, 15) is 9.18 Å². The van der Waals surface area contributed by atoms with Crippen LogP contribution in [0.3, 0.4) is 0 Å². The molecule has 1 amide bonds. The molecule has 17 heavy (non-hydrogen) atoms. The molecule has 0 aliphatic heterocycles. The summed E-state index contributed by atoms with van der Waals surface area (Å²) in [6.07, 6.45) is 1.91. The van der Waals surface area contributed by atoms with Crippen molar-refractivity contribution in [3.63, 3.8) is 0 Å². The van der Waals surface area contributed by atoms with Crippen LogP contribution in [0.5, 0.6) is 0 Å². The smallest absolute Gasteiger partial charge is 0.256 e. The van der Waals surface area contributed by atoms with Crippen LogP contribution in [0, 0.1) is 5.82 Å². The molecule has 1 unspecified atom stereocenters. The first-order chi connectivity index (χ1) is 7.97. The van der Waals surface area contributed by atoms with E-state index in [1.165, 1.54) is 12.1 Å². The Bertz CT molecular complexity index is 408. The van der Waals surface area contributed by atoms with E-state index in [0.717, 1.165) is 12.8 Å². The van der Waals surface area contributed by atoms with Gasteiger partial charge in [-0.05, 0) is 31.5 Å². The Morgan fingerprint density at radius 2 is 2.18 bits per heavy atom. The van der Waals surface area contributed by atoms with Gasteiger partial charge in [0.2, 0.25) is 0 Å². The molecule has 0 aliphatic carbocycles. The van der Waals surface area contributed by atoms with Crippen LogP contribution in [-0.4, -0.2) is 23.9 Å². The van der Waals surface area contributed by atoms with Gasteiger partial charge in [-0.1, -0.05) is 29.3 Å². The largest absolute Gasteiger partial charge is 0.339 e. The van der Waals surface area contributed by atoms with E-state index < -0.39 is 5.82 Å². The molecule has 0 fully saturated rings. The van der Waals surface area contributed by atoms with Gasteiger partial charge in [0.1, 0.15) is 5.82 Å². The van der Waals surface area contributed by atoms with Crippen LogP contribution < -0.4 is 0 Å². The number of hydrogen-bond acceptors (Lipinski definition) is 1. The van der Waals surface area contributed by atoms with Crippen molar-refractivity contribution in [1.82, 2.24) is 4.90 Å². The Hall–Kier alpha value is -0.900. The monoisotopic (exact) mass is 301 g/mol. The number of nitrogens with zero attached hydrogens (tertiary/aromatic N) is 1. The Morgan fingerprint density at radius 3 is 2.76 bits per heavy atom. The molecule has 0 aliphatic rings. The number of amides is 1. The summed E-state index contributed by atoms with van der Waals surface area (Å²) in [6, 6.07) is 4.52. The fourth-order valence-corrected chi connectivity index (χ4v) is 2.02. The minimum atomic E-state index is -0.478. The maximum Gasteiger partial charge on any atom is 0.256 e. The second-order valence-corrected chi connectivity index (χ2v) is 5.09. The topological polar surface area (TPSA) is 20.3 Å². The number of carbonyl (C=O) groups excluding carboxylic acids is 1. The molecule has 1 rings (SSSR count). The van der Waals surface area contributed by atoms with Crippen LogP contribution in [0.25, 0.3) is 0 Å². The first-order valence-electron chi connectivity index (χ1n) is 5.69. The summed E-state index contributed by atoms with van der Waals surface area (Å²) in [7, 11) is 1.71. The number of rotatable bonds is 4. The lowest BCUT2D eigenvalue weighted by Crippen LogP contribution is -2.35. The van der Waals surface area contributed by atoms with Crippen molar-refractivity contribution in [3.05, 3.63) is 34.1 Å². The molecule has 0 bridgehead atoms. The molecule has 4 heteroatoms. The normalized spacial score (nSPS) is 12.3. The van der Waals surface area contributed by atoms with Crippen molar-refractivity contribution in [2.75, 3.05) is 7.05 Å². The minimum Gasteiger partial charge on any atom is -0.339 e. The van der Waals surface area contributed by atoms with Crippen LogP contribution in [-0.2, 0) is 0 Å². The number of hydrogen-bond donors (Lipinski definition) is 0. The van der Waals surface area contributed by atoms with Crippen LogP contribution in [0.2, 0.25) is 0 Å². The number of carbonyl (C=O) groups is 1. The highest BCUT2D eigenvalue weighted by atomic mass is 79.9. The zero-order valence-electron chi connectivity index (χ0n) is 10.3. The average molecular weight is 302 g/mol. The van der Waals surface area contributed by atoms with Gasteiger partial charge in [0, 0.05) is 17.6 Å². The standard InChI is InChI=1S/C13H17BrFNO/c1-4-5-9(2)16(3)13(17)11-8-10(14)6-7-12(11)15/h6-9H,4-5H2,1-3H3. The second-order valence-electron chi connectivity index (χ2n) is 4.18. The molecule has 1 atom stereocenters. The molecule has 0 heterocycles. The van der Waals surface area contributed by atoms with E-state index in [-0.39, 0.29) is 17.5 Å². The van der Waals surface area contributed by atoms with Crippen molar-refractivity contribution >= 4 is 21.8 Å². The third-order valence-electron chi connectivity index (χ3n) is 2.85. The molecule has 0 aromatic heterocycles. The summed E-state index contributed by atoms with van der Waals surface area (Å²) in [5.74, 6) is -0.751. The quantitative estimate of drug-likeness (QED) is 0.827. The van der Waals surface area contributed by atoms with Crippen LogP contribution >= 0.6 is 15.9 Å². The molecule has 2 nitrogen and oxygen atoms in total. The van der Waals surface area contributed by atoms with Crippen LogP contribution in [0.15, 0.2) is 22.7 Å². The number of benzene rings is 1. The van der Waals surface area contributed by atoms with Crippen LogP contribution in [0.4, 0.5) is 4.39 Å². The molecule has 0 radical (unpaired) electrons. The summed E-state index contributed by atoms with van der Waals surface area (Å²) in [6.45, 7) is 4.03. The van der Waals surface area contributed by atoms with Gasteiger partial charge >= 0.3 is 0 Å². The summed E-state index contributed by atoms with van der Waals surface area (Å²) in [4.78, 5) is 13.7. The number of halogens is 2. The van der Waals surface area contributed by atoms with Gasteiger partial charge in [0.05, 0.1) is 5.56 Å². The Morgan fingerprint density at radius 1 is 1.53 bits per heavy atom. The van der Waals surface area contributed by atoms with Gasteiger partial charge in [-0.15, -0.1) is 0 Å². The molecule has 94 valence electrons. The zero-order valence-corrected chi connectivity index (χ0v) is 11.9.